The number of piperazine rings is 1. The molecule has 5 heteroatoms. The van der Waals surface area contributed by atoms with Crippen LogP contribution in [0, 0.1) is 6.92 Å². The highest BCUT2D eigenvalue weighted by molar-refractivity contribution is 5.76. The number of nitrogens with zero attached hydrogens (tertiary/aromatic N) is 2. The van der Waals surface area contributed by atoms with Crippen molar-refractivity contribution in [2.45, 2.75) is 45.6 Å². The second-order valence-corrected chi connectivity index (χ2v) is 7.26. The first-order valence-corrected chi connectivity index (χ1v) is 9.55. The molecule has 0 aliphatic carbocycles. The van der Waals surface area contributed by atoms with Gasteiger partial charge in [0, 0.05) is 56.9 Å². The predicted molar refractivity (Wildman–Crippen MR) is 105 cm³/mol. The lowest BCUT2D eigenvalue weighted by Gasteiger charge is -2.36. The SMILES string of the molecule is CCC(N)(CC)CNC(=O)CCN1CCN(c2cccc(C)c2)CC1. The van der Waals surface area contributed by atoms with E-state index in [0.717, 1.165) is 45.6 Å². The predicted octanol–water partition coefficient (Wildman–Crippen LogP) is 2.14. The van der Waals surface area contributed by atoms with Gasteiger partial charge in [-0.25, -0.2) is 0 Å². The first-order valence-electron chi connectivity index (χ1n) is 9.55. The summed E-state index contributed by atoms with van der Waals surface area (Å²) in [5.41, 5.74) is 8.57. The molecule has 1 aliphatic heterocycles. The summed E-state index contributed by atoms with van der Waals surface area (Å²) in [7, 11) is 0. The highest BCUT2D eigenvalue weighted by atomic mass is 16.1. The van der Waals surface area contributed by atoms with Gasteiger partial charge in [0.2, 0.25) is 5.91 Å². The second kappa shape index (κ2) is 9.20. The molecule has 0 bridgehead atoms. The molecule has 0 unspecified atom stereocenters. The average Bonchev–Trinajstić information content (AvgIpc) is 2.65. The van der Waals surface area contributed by atoms with Crippen molar-refractivity contribution in [2.75, 3.05) is 44.2 Å². The van der Waals surface area contributed by atoms with E-state index in [1.54, 1.807) is 0 Å². The molecule has 1 aromatic carbocycles. The van der Waals surface area contributed by atoms with E-state index in [9.17, 15) is 4.79 Å². The van der Waals surface area contributed by atoms with Crippen molar-refractivity contribution in [3.8, 4) is 0 Å². The molecule has 140 valence electrons. The standard InChI is InChI=1S/C20H34N4O/c1-4-20(21,5-2)16-22-19(25)9-10-23-11-13-24(14-12-23)18-8-6-7-17(3)15-18/h6-8,15H,4-5,9-14,16,21H2,1-3H3,(H,22,25). The van der Waals surface area contributed by atoms with Gasteiger partial charge in [-0.05, 0) is 37.5 Å². The van der Waals surface area contributed by atoms with Crippen LogP contribution in [0.3, 0.4) is 0 Å². The van der Waals surface area contributed by atoms with Crippen LogP contribution in [0.2, 0.25) is 0 Å². The van der Waals surface area contributed by atoms with Gasteiger partial charge >= 0.3 is 0 Å². The summed E-state index contributed by atoms with van der Waals surface area (Å²) in [5, 5.41) is 3.00. The van der Waals surface area contributed by atoms with Gasteiger partial charge < -0.3 is 16.0 Å². The molecular formula is C20H34N4O. The van der Waals surface area contributed by atoms with Gasteiger partial charge in [0.25, 0.3) is 0 Å². The smallest absolute Gasteiger partial charge is 0.221 e. The summed E-state index contributed by atoms with van der Waals surface area (Å²) in [4.78, 5) is 16.9. The van der Waals surface area contributed by atoms with E-state index < -0.39 is 0 Å². The number of rotatable bonds is 8. The van der Waals surface area contributed by atoms with Crippen LogP contribution in [0.25, 0.3) is 0 Å². The fourth-order valence-corrected chi connectivity index (χ4v) is 3.18. The van der Waals surface area contributed by atoms with Crippen LogP contribution in [0.15, 0.2) is 24.3 Å². The Morgan fingerprint density at radius 3 is 2.48 bits per heavy atom. The van der Waals surface area contributed by atoms with E-state index in [2.05, 4.69) is 60.2 Å². The Morgan fingerprint density at radius 2 is 1.88 bits per heavy atom. The van der Waals surface area contributed by atoms with Crippen molar-refractivity contribution in [1.29, 1.82) is 0 Å². The van der Waals surface area contributed by atoms with Crippen LogP contribution < -0.4 is 16.0 Å². The number of aryl methyl sites for hydroxylation is 1. The second-order valence-electron chi connectivity index (χ2n) is 7.26. The van der Waals surface area contributed by atoms with E-state index in [4.69, 9.17) is 5.73 Å². The van der Waals surface area contributed by atoms with Crippen molar-refractivity contribution in [3.05, 3.63) is 29.8 Å². The molecule has 1 aliphatic rings. The van der Waals surface area contributed by atoms with Crippen LogP contribution in [0.4, 0.5) is 5.69 Å². The molecule has 3 N–H and O–H groups in total. The number of nitrogens with one attached hydrogen (secondary N) is 1. The lowest BCUT2D eigenvalue weighted by molar-refractivity contribution is -0.121. The van der Waals surface area contributed by atoms with Crippen LogP contribution in [0.5, 0.6) is 0 Å². The van der Waals surface area contributed by atoms with Gasteiger partial charge in [-0.3, -0.25) is 9.69 Å². The van der Waals surface area contributed by atoms with Crippen LogP contribution in [0.1, 0.15) is 38.7 Å². The van der Waals surface area contributed by atoms with Crippen molar-refractivity contribution in [2.24, 2.45) is 5.73 Å². The topological polar surface area (TPSA) is 61.6 Å². The maximum absolute atomic E-state index is 12.1. The minimum atomic E-state index is -0.269. The number of nitrogens with two attached hydrogens (primary N) is 1. The maximum Gasteiger partial charge on any atom is 0.221 e. The highest BCUT2D eigenvalue weighted by Gasteiger charge is 2.21. The highest BCUT2D eigenvalue weighted by Crippen LogP contribution is 2.17. The number of hydrogen-bond acceptors (Lipinski definition) is 4. The van der Waals surface area contributed by atoms with Crippen LogP contribution in [-0.4, -0.2) is 55.6 Å². The summed E-state index contributed by atoms with van der Waals surface area (Å²) in [6, 6.07) is 8.66. The van der Waals surface area contributed by atoms with Crippen LogP contribution in [-0.2, 0) is 4.79 Å². The van der Waals surface area contributed by atoms with E-state index in [0.29, 0.717) is 13.0 Å². The summed E-state index contributed by atoms with van der Waals surface area (Å²) in [6.07, 6.45) is 2.31. The van der Waals surface area contributed by atoms with E-state index in [1.807, 2.05) is 0 Å². The third kappa shape index (κ3) is 6.01. The van der Waals surface area contributed by atoms with Gasteiger partial charge in [0.15, 0.2) is 0 Å². The van der Waals surface area contributed by atoms with Crippen molar-refractivity contribution >= 4 is 11.6 Å². The monoisotopic (exact) mass is 346 g/mol. The Morgan fingerprint density at radius 1 is 1.20 bits per heavy atom. The van der Waals surface area contributed by atoms with Gasteiger partial charge in [0.05, 0.1) is 0 Å². The Labute approximate surface area is 152 Å². The summed E-state index contributed by atoms with van der Waals surface area (Å²) >= 11 is 0. The number of carbonyl (C=O) groups excluding carboxylic acids is 1. The van der Waals surface area contributed by atoms with Gasteiger partial charge in [0.1, 0.15) is 0 Å². The Bertz CT molecular complexity index is 548. The van der Waals surface area contributed by atoms with Crippen molar-refractivity contribution < 1.29 is 4.79 Å². The van der Waals surface area contributed by atoms with Crippen molar-refractivity contribution in [3.63, 3.8) is 0 Å². The molecule has 0 spiro atoms. The Kier molecular flexibility index (Phi) is 7.26. The summed E-state index contributed by atoms with van der Waals surface area (Å²) < 4.78 is 0. The number of benzene rings is 1. The Hall–Kier alpha value is -1.59. The average molecular weight is 347 g/mol. The van der Waals surface area contributed by atoms with Crippen molar-refractivity contribution in [1.82, 2.24) is 10.2 Å². The zero-order chi connectivity index (χ0) is 18.3. The molecule has 25 heavy (non-hydrogen) atoms. The molecule has 5 nitrogen and oxygen atoms in total. The normalized spacial score (nSPS) is 16.1. The molecule has 2 rings (SSSR count). The number of amides is 1. The first-order chi connectivity index (χ1) is 12.0. The Balaban J connectivity index is 1.69. The van der Waals surface area contributed by atoms with Gasteiger partial charge in [-0.15, -0.1) is 0 Å². The van der Waals surface area contributed by atoms with Gasteiger partial charge in [-0.2, -0.15) is 0 Å². The molecular weight excluding hydrogens is 312 g/mol. The minimum Gasteiger partial charge on any atom is -0.369 e. The molecule has 0 saturated carbocycles. The fraction of sp³-hybridized carbons (Fsp3) is 0.650. The number of hydrogen-bond donors (Lipinski definition) is 2. The molecule has 1 saturated heterocycles. The molecule has 1 aromatic rings. The van der Waals surface area contributed by atoms with Gasteiger partial charge in [-0.1, -0.05) is 26.0 Å². The lowest BCUT2D eigenvalue weighted by Crippen LogP contribution is -2.50. The lowest BCUT2D eigenvalue weighted by atomic mass is 9.94. The molecule has 0 atom stereocenters. The maximum atomic E-state index is 12.1. The summed E-state index contributed by atoms with van der Waals surface area (Å²) in [6.45, 7) is 11.7. The zero-order valence-corrected chi connectivity index (χ0v) is 16.1. The van der Waals surface area contributed by atoms with E-state index >= 15 is 0 Å². The molecule has 1 heterocycles. The van der Waals surface area contributed by atoms with E-state index in [-0.39, 0.29) is 11.4 Å². The molecule has 0 aromatic heterocycles. The van der Waals surface area contributed by atoms with Crippen LogP contribution >= 0.6 is 0 Å². The molecule has 1 amide bonds. The zero-order valence-electron chi connectivity index (χ0n) is 16.1. The number of anilines is 1. The quantitative estimate of drug-likeness (QED) is 0.757. The first kappa shape index (κ1) is 19.7. The fourth-order valence-electron chi connectivity index (χ4n) is 3.18. The third-order valence-electron chi connectivity index (χ3n) is 5.44. The van der Waals surface area contributed by atoms with E-state index in [1.165, 1.54) is 11.3 Å². The third-order valence-corrected chi connectivity index (χ3v) is 5.44. The number of carbonyl (C=O) groups is 1. The molecule has 0 radical (unpaired) electrons. The minimum absolute atomic E-state index is 0.109. The largest absolute Gasteiger partial charge is 0.369 e. The summed E-state index contributed by atoms with van der Waals surface area (Å²) in [5.74, 6) is 0.109. The molecule has 1 fully saturated rings.